The van der Waals surface area contributed by atoms with Crippen LogP contribution in [0.4, 0.5) is 0 Å². The number of carbonyl (C=O) groups is 1. The summed E-state index contributed by atoms with van der Waals surface area (Å²) in [5, 5.41) is 3.44. The summed E-state index contributed by atoms with van der Waals surface area (Å²) in [5.41, 5.74) is 1.96. The van der Waals surface area contributed by atoms with E-state index in [9.17, 15) is 4.79 Å². The van der Waals surface area contributed by atoms with Crippen LogP contribution in [0.15, 0.2) is 22.7 Å². The molecule has 3 rings (SSSR count). The minimum Gasteiger partial charge on any atom is -0.338 e. The lowest BCUT2D eigenvalue weighted by molar-refractivity contribution is 0.0641. The lowest BCUT2D eigenvalue weighted by atomic mass is 9.88. The molecule has 2 aliphatic rings. The molecule has 110 valence electrons. The van der Waals surface area contributed by atoms with Gasteiger partial charge < -0.3 is 10.2 Å². The quantitative estimate of drug-likeness (QED) is 0.836. The van der Waals surface area contributed by atoms with E-state index in [0.717, 1.165) is 48.6 Å². The molecule has 2 atom stereocenters. The predicted octanol–water partition coefficient (Wildman–Crippen LogP) is 2.86. The van der Waals surface area contributed by atoms with Gasteiger partial charge in [-0.3, -0.25) is 4.79 Å². The Bertz CT molecular complexity index is 509. The molecule has 2 aliphatic heterocycles. The van der Waals surface area contributed by atoms with Gasteiger partial charge in [-0.25, -0.2) is 0 Å². The highest BCUT2D eigenvalue weighted by Gasteiger charge is 2.34. The molecule has 0 aromatic heterocycles. The second-order valence-electron chi connectivity index (χ2n) is 5.70. The summed E-state index contributed by atoms with van der Waals surface area (Å²) in [6.07, 6.45) is 1.13. The van der Waals surface area contributed by atoms with E-state index in [1.165, 1.54) is 5.56 Å². The Labute approximate surface area is 134 Å². The van der Waals surface area contributed by atoms with Gasteiger partial charge in [-0.05, 0) is 71.9 Å². The smallest absolute Gasteiger partial charge is 0.255 e. The van der Waals surface area contributed by atoms with Crippen molar-refractivity contribution in [3.8, 4) is 0 Å². The number of amides is 1. The monoisotopic (exact) mass is 358 g/mol. The summed E-state index contributed by atoms with van der Waals surface area (Å²) >= 11 is 3.51. The number of likely N-dealkylation sites (tertiary alicyclic amines) is 1. The third kappa shape index (κ3) is 3.02. The zero-order chi connectivity index (χ0) is 13.4. The summed E-state index contributed by atoms with van der Waals surface area (Å²) in [5.74, 6) is 1.57. The van der Waals surface area contributed by atoms with Crippen LogP contribution in [0, 0.1) is 18.8 Å². The molecule has 0 spiro atoms. The van der Waals surface area contributed by atoms with Crippen LogP contribution in [-0.2, 0) is 0 Å². The molecular weight excluding hydrogens is 340 g/mol. The van der Waals surface area contributed by atoms with Crippen molar-refractivity contribution in [2.45, 2.75) is 13.3 Å². The molecule has 2 heterocycles. The maximum atomic E-state index is 12.6. The highest BCUT2D eigenvalue weighted by atomic mass is 79.9. The summed E-state index contributed by atoms with van der Waals surface area (Å²) in [6, 6.07) is 5.94. The van der Waals surface area contributed by atoms with Crippen molar-refractivity contribution < 1.29 is 4.79 Å². The lowest BCUT2D eigenvalue weighted by Crippen LogP contribution is -2.43. The molecule has 0 bridgehead atoms. The fourth-order valence-corrected chi connectivity index (χ4v) is 3.85. The first-order valence-electron chi connectivity index (χ1n) is 6.91. The van der Waals surface area contributed by atoms with Crippen molar-refractivity contribution in [1.29, 1.82) is 0 Å². The Morgan fingerprint density at radius 2 is 2.10 bits per heavy atom. The maximum Gasteiger partial charge on any atom is 0.255 e. The fourth-order valence-electron chi connectivity index (χ4n) is 3.18. The SMILES string of the molecule is Cc1ccc(C(=O)N2CCC3CNCC3C2)c(Br)c1.Cl. The fraction of sp³-hybridized carbons (Fsp3) is 0.533. The first kappa shape index (κ1) is 15.8. The Balaban J connectivity index is 0.00000147. The van der Waals surface area contributed by atoms with Crippen molar-refractivity contribution in [1.82, 2.24) is 10.2 Å². The molecule has 2 saturated heterocycles. The molecule has 2 unspecified atom stereocenters. The van der Waals surface area contributed by atoms with E-state index in [2.05, 4.69) is 21.2 Å². The van der Waals surface area contributed by atoms with E-state index in [-0.39, 0.29) is 18.3 Å². The molecule has 20 heavy (non-hydrogen) atoms. The Morgan fingerprint density at radius 1 is 1.35 bits per heavy atom. The van der Waals surface area contributed by atoms with Crippen LogP contribution < -0.4 is 5.32 Å². The molecule has 0 radical (unpaired) electrons. The number of carbonyl (C=O) groups excluding carboxylic acids is 1. The summed E-state index contributed by atoms with van der Waals surface area (Å²) < 4.78 is 0.907. The summed E-state index contributed by atoms with van der Waals surface area (Å²) in [4.78, 5) is 14.6. The average Bonchev–Trinajstić information content (AvgIpc) is 2.85. The second kappa shape index (κ2) is 6.46. The van der Waals surface area contributed by atoms with Crippen molar-refractivity contribution in [2.75, 3.05) is 26.2 Å². The summed E-state index contributed by atoms with van der Waals surface area (Å²) in [7, 11) is 0. The number of fused-ring (bicyclic) bond motifs is 1. The van der Waals surface area contributed by atoms with Crippen molar-refractivity contribution in [2.24, 2.45) is 11.8 Å². The number of rotatable bonds is 1. The Kier molecular flexibility index (Phi) is 5.10. The number of benzene rings is 1. The van der Waals surface area contributed by atoms with Gasteiger partial charge in [-0.1, -0.05) is 6.07 Å². The van der Waals surface area contributed by atoms with Crippen LogP contribution in [0.2, 0.25) is 0 Å². The van der Waals surface area contributed by atoms with Gasteiger partial charge in [0, 0.05) is 17.6 Å². The predicted molar refractivity (Wildman–Crippen MR) is 86.5 cm³/mol. The van der Waals surface area contributed by atoms with Crippen LogP contribution in [0.1, 0.15) is 22.3 Å². The van der Waals surface area contributed by atoms with Gasteiger partial charge in [0.15, 0.2) is 0 Å². The zero-order valence-corrected chi connectivity index (χ0v) is 14.0. The normalized spacial score (nSPS) is 25.0. The number of nitrogens with zero attached hydrogens (tertiary/aromatic N) is 1. The first-order valence-corrected chi connectivity index (χ1v) is 7.70. The Morgan fingerprint density at radius 3 is 2.85 bits per heavy atom. The number of piperidine rings is 1. The van der Waals surface area contributed by atoms with Gasteiger partial charge >= 0.3 is 0 Å². The van der Waals surface area contributed by atoms with Gasteiger partial charge in [-0.2, -0.15) is 0 Å². The summed E-state index contributed by atoms with van der Waals surface area (Å²) in [6.45, 7) is 6.01. The van der Waals surface area contributed by atoms with E-state index < -0.39 is 0 Å². The minimum atomic E-state index is 0. The molecule has 1 aromatic rings. The molecule has 3 nitrogen and oxygen atoms in total. The number of halogens is 2. The Hall–Kier alpha value is -0.580. The van der Waals surface area contributed by atoms with E-state index >= 15 is 0 Å². The molecule has 0 aliphatic carbocycles. The highest BCUT2D eigenvalue weighted by molar-refractivity contribution is 9.10. The largest absolute Gasteiger partial charge is 0.338 e. The van der Waals surface area contributed by atoms with E-state index in [0.29, 0.717) is 5.92 Å². The van der Waals surface area contributed by atoms with Crippen LogP contribution in [-0.4, -0.2) is 37.0 Å². The molecule has 1 N–H and O–H groups in total. The zero-order valence-electron chi connectivity index (χ0n) is 11.6. The minimum absolute atomic E-state index is 0. The number of aryl methyl sites for hydroxylation is 1. The van der Waals surface area contributed by atoms with Gasteiger partial charge in [0.1, 0.15) is 0 Å². The molecule has 1 amide bonds. The van der Waals surface area contributed by atoms with Crippen LogP contribution in [0.5, 0.6) is 0 Å². The van der Waals surface area contributed by atoms with Crippen LogP contribution in [0.25, 0.3) is 0 Å². The topological polar surface area (TPSA) is 32.3 Å². The average molecular weight is 360 g/mol. The molecule has 1 aromatic carbocycles. The third-order valence-electron chi connectivity index (χ3n) is 4.35. The van der Waals surface area contributed by atoms with Crippen molar-refractivity contribution in [3.05, 3.63) is 33.8 Å². The maximum absolute atomic E-state index is 12.6. The standard InChI is InChI=1S/C15H19BrN2O.ClH/c1-10-2-3-13(14(16)6-10)15(19)18-5-4-11-7-17-8-12(11)9-18;/h2-3,6,11-12,17H,4-5,7-9H2,1H3;1H. The van der Waals surface area contributed by atoms with Gasteiger partial charge in [0.2, 0.25) is 0 Å². The van der Waals surface area contributed by atoms with Gasteiger partial charge in [0.05, 0.1) is 5.56 Å². The van der Waals surface area contributed by atoms with Gasteiger partial charge in [-0.15, -0.1) is 12.4 Å². The van der Waals surface area contributed by atoms with E-state index in [1.807, 2.05) is 30.0 Å². The lowest BCUT2D eigenvalue weighted by Gasteiger charge is -2.34. The third-order valence-corrected chi connectivity index (χ3v) is 5.00. The van der Waals surface area contributed by atoms with Crippen LogP contribution >= 0.6 is 28.3 Å². The van der Waals surface area contributed by atoms with E-state index in [4.69, 9.17) is 0 Å². The molecule has 5 heteroatoms. The first-order chi connectivity index (χ1) is 9.15. The molecule has 2 fully saturated rings. The van der Waals surface area contributed by atoms with Crippen LogP contribution in [0.3, 0.4) is 0 Å². The number of hydrogen-bond acceptors (Lipinski definition) is 2. The van der Waals surface area contributed by atoms with Gasteiger partial charge in [0.25, 0.3) is 5.91 Å². The molecule has 0 saturated carbocycles. The number of nitrogens with one attached hydrogen (secondary N) is 1. The molecular formula is C15H20BrClN2O. The highest BCUT2D eigenvalue weighted by Crippen LogP contribution is 2.28. The van der Waals surface area contributed by atoms with Crippen molar-refractivity contribution >= 4 is 34.2 Å². The number of hydrogen-bond donors (Lipinski definition) is 1. The van der Waals surface area contributed by atoms with Crippen molar-refractivity contribution in [3.63, 3.8) is 0 Å². The van der Waals surface area contributed by atoms with E-state index in [1.54, 1.807) is 0 Å². The second-order valence-corrected chi connectivity index (χ2v) is 6.56.